The van der Waals surface area contributed by atoms with Crippen LogP contribution in [0.3, 0.4) is 0 Å². The van der Waals surface area contributed by atoms with Crippen LogP contribution in [-0.2, 0) is 0 Å². The van der Waals surface area contributed by atoms with Crippen LogP contribution in [0.4, 0.5) is 0 Å². The van der Waals surface area contributed by atoms with Gasteiger partial charge in [-0.25, -0.2) is 0 Å². The van der Waals surface area contributed by atoms with Gasteiger partial charge in [-0.1, -0.05) is 83.8 Å². The van der Waals surface area contributed by atoms with Crippen molar-refractivity contribution < 1.29 is 4.79 Å². The molecule has 0 N–H and O–H groups in total. The first-order chi connectivity index (χ1) is 10.3. The quantitative estimate of drug-likeness (QED) is 0.500. The molecule has 0 bridgehead atoms. The fourth-order valence-electron chi connectivity index (χ4n) is 2.79. The standard InChI is InChI=1S/C19H20Br2O/c1-11(2)17-13(7-5-9-15(17)20)19(22)14-8-6-10-16(21)18(14)12(3)4/h5-12H,1-4H3. The average Bonchev–Trinajstić information content (AvgIpc) is 2.45. The highest BCUT2D eigenvalue weighted by Gasteiger charge is 2.22. The zero-order valence-corrected chi connectivity index (χ0v) is 16.5. The summed E-state index contributed by atoms with van der Waals surface area (Å²) in [4.78, 5) is 13.2. The van der Waals surface area contributed by atoms with Gasteiger partial charge in [-0.15, -0.1) is 0 Å². The van der Waals surface area contributed by atoms with Crippen LogP contribution in [0.15, 0.2) is 45.3 Å². The first-order valence-electron chi connectivity index (χ1n) is 7.46. The molecular formula is C19H20Br2O. The largest absolute Gasteiger partial charge is 0.289 e. The van der Waals surface area contributed by atoms with Crippen LogP contribution in [0.25, 0.3) is 0 Å². The fourth-order valence-corrected chi connectivity index (χ4v) is 4.44. The molecule has 22 heavy (non-hydrogen) atoms. The van der Waals surface area contributed by atoms with Crippen molar-refractivity contribution in [2.24, 2.45) is 0 Å². The lowest BCUT2D eigenvalue weighted by Crippen LogP contribution is -2.11. The first kappa shape index (κ1) is 17.4. The van der Waals surface area contributed by atoms with Crippen molar-refractivity contribution in [3.63, 3.8) is 0 Å². The van der Waals surface area contributed by atoms with E-state index in [4.69, 9.17) is 0 Å². The van der Waals surface area contributed by atoms with E-state index in [1.54, 1.807) is 0 Å². The molecule has 0 aliphatic heterocycles. The lowest BCUT2D eigenvalue weighted by Gasteiger charge is -2.18. The highest BCUT2D eigenvalue weighted by Crippen LogP contribution is 2.33. The maximum absolute atomic E-state index is 13.2. The van der Waals surface area contributed by atoms with Crippen molar-refractivity contribution in [1.29, 1.82) is 0 Å². The van der Waals surface area contributed by atoms with E-state index in [2.05, 4.69) is 59.6 Å². The molecule has 0 heterocycles. The summed E-state index contributed by atoms with van der Waals surface area (Å²) in [5.74, 6) is 0.656. The Labute approximate surface area is 149 Å². The SMILES string of the molecule is CC(C)c1c(Br)cccc1C(=O)c1cccc(Br)c1C(C)C. The zero-order chi connectivity index (χ0) is 16.4. The lowest BCUT2D eigenvalue weighted by molar-refractivity contribution is 0.103. The highest BCUT2D eigenvalue weighted by molar-refractivity contribution is 9.10. The maximum Gasteiger partial charge on any atom is 0.193 e. The number of hydrogen-bond acceptors (Lipinski definition) is 1. The highest BCUT2D eigenvalue weighted by atomic mass is 79.9. The Bertz CT molecular complexity index is 643. The van der Waals surface area contributed by atoms with E-state index in [0.717, 1.165) is 31.2 Å². The number of ketones is 1. The molecule has 116 valence electrons. The molecule has 0 aliphatic carbocycles. The molecule has 0 radical (unpaired) electrons. The molecular weight excluding hydrogens is 404 g/mol. The third-order valence-electron chi connectivity index (χ3n) is 3.75. The summed E-state index contributed by atoms with van der Waals surface area (Å²) in [5.41, 5.74) is 3.71. The average molecular weight is 424 g/mol. The number of benzene rings is 2. The van der Waals surface area contributed by atoms with Gasteiger partial charge in [0.2, 0.25) is 0 Å². The summed E-state index contributed by atoms with van der Waals surface area (Å²) >= 11 is 7.18. The van der Waals surface area contributed by atoms with Gasteiger partial charge in [-0.2, -0.15) is 0 Å². The van der Waals surface area contributed by atoms with Gasteiger partial charge >= 0.3 is 0 Å². The van der Waals surface area contributed by atoms with Gasteiger partial charge in [0.1, 0.15) is 0 Å². The van der Waals surface area contributed by atoms with Gasteiger partial charge in [-0.3, -0.25) is 4.79 Å². The monoisotopic (exact) mass is 422 g/mol. The van der Waals surface area contributed by atoms with Crippen molar-refractivity contribution in [2.45, 2.75) is 39.5 Å². The van der Waals surface area contributed by atoms with E-state index < -0.39 is 0 Å². The second kappa shape index (κ2) is 7.10. The summed E-state index contributed by atoms with van der Waals surface area (Å²) in [7, 11) is 0. The molecule has 2 aromatic carbocycles. The van der Waals surface area contributed by atoms with Crippen molar-refractivity contribution in [1.82, 2.24) is 0 Å². The summed E-state index contributed by atoms with van der Waals surface area (Å²) in [6.07, 6.45) is 0. The minimum atomic E-state index is 0.0926. The minimum absolute atomic E-state index is 0.0926. The van der Waals surface area contributed by atoms with Crippen molar-refractivity contribution in [3.8, 4) is 0 Å². The van der Waals surface area contributed by atoms with Crippen LogP contribution in [0.2, 0.25) is 0 Å². The van der Waals surface area contributed by atoms with Gasteiger partial charge in [0, 0.05) is 20.1 Å². The molecule has 0 fully saturated rings. The van der Waals surface area contributed by atoms with Crippen molar-refractivity contribution >= 4 is 37.6 Å². The van der Waals surface area contributed by atoms with Crippen LogP contribution in [0.1, 0.15) is 66.6 Å². The summed E-state index contributed by atoms with van der Waals surface area (Å²) in [6.45, 7) is 8.45. The van der Waals surface area contributed by atoms with E-state index >= 15 is 0 Å². The van der Waals surface area contributed by atoms with Crippen molar-refractivity contribution in [2.75, 3.05) is 0 Å². The van der Waals surface area contributed by atoms with Gasteiger partial charge in [0.05, 0.1) is 0 Å². The van der Waals surface area contributed by atoms with E-state index in [1.807, 2.05) is 36.4 Å². The Kier molecular flexibility index (Phi) is 5.62. The Morgan fingerprint density at radius 2 is 1.14 bits per heavy atom. The number of carbonyl (C=O) groups is 1. The molecule has 0 saturated heterocycles. The molecule has 0 amide bonds. The third kappa shape index (κ3) is 3.36. The third-order valence-corrected chi connectivity index (χ3v) is 5.13. The normalized spacial score (nSPS) is 11.3. The lowest BCUT2D eigenvalue weighted by atomic mass is 9.88. The summed E-state index contributed by atoms with van der Waals surface area (Å²) in [5, 5.41) is 0. The topological polar surface area (TPSA) is 17.1 Å². The Morgan fingerprint density at radius 1 is 0.773 bits per heavy atom. The second-order valence-electron chi connectivity index (χ2n) is 6.04. The molecule has 2 aromatic rings. The zero-order valence-electron chi connectivity index (χ0n) is 13.3. The molecule has 3 heteroatoms. The minimum Gasteiger partial charge on any atom is -0.289 e. The molecule has 2 rings (SSSR count). The Hall–Kier alpha value is -0.930. The van der Waals surface area contributed by atoms with Crippen molar-refractivity contribution in [3.05, 3.63) is 67.6 Å². The van der Waals surface area contributed by atoms with E-state index in [9.17, 15) is 4.79 Å². The van der Waals surface area contributed by atoms with Crippen LogP contribution in [0.5, 0.6) is 0 Å². The molecule has 0 saturated carbocycles. The van der Waals surface area contributed by atoms with E-state index in [0.29, 0.717) is 0 Å². The summed E-state index contributed by atoms with van der Waals surface area (Å²) < 4.78 is 1.99. The Balaban J connectivity index is 2.65. The van der Waals surface area contributed by atoms with Crippen LogP contribution in [0, 0.1) is 0 Å². The second-order valence-corrected chi connectivity index (χ2v) is 7.75. The van der Waals surface area contributed by atoms with Crippen LogP contribution >= 0.6 is 31.9 Å². The number of carbonyl (C=O) groups excluding carboxylic acids is 1. The molecule has 0 aromatic heterocycles. The van der Waals surface area contributed by atoms with Crippen LogP contribution < -0.4 is 0 Å². The summed E-state index contributed by atoms with van der Waals surface area (Å²) in [6, 6.07) is 11.7. The van der Waals surface area contributed by atoms with Gasteiger partial charge in [0.15, 0.2) is 5.78 Å². The number of halogens is 2. The molecule has 1 nitrogen and oxygen atoms in total. The Morgan fingerprint density at radius 3 is 1.45 bits per heavy atom. The first-order valence-corrected chi connectivity index (χ1v) is 9.04. The molecule has 0 unspecified atom stereocenters. The molecule has 0 atom stereocenters. The molecule has 0 aliphatic rings. The number of hydrogen-bond donors (Lipinski definition) is 0. The van der Waals surface area contributed by atoms with Gasteiger partial charge in [0.25, 0.3) is 0 Å². The molecule has 0 spiro atoms. The maximum atomic E-state index is 13.2. The predicted molar refractivity (Wildman–Crippen MR) is 99.9 cm³/mol. The van der Waals surface area contributed by atoms with Crippen LogP contribution in [-0.4, -0.2) is 5.78 Å². The fraction of sp³-hybridized carbons (Fsp3) is 0.316. The predicted octanol–water partition coefficient (Wildman–Crippen LogP) is 6.69. The van der Waals surface area contributed by atoms with Gasteiger partial charge < -0.3 is 0 Å². The number of rotatable bonds is 4. The smallest absolute Gasteiger partial charge is 0.193 e. The van der Waals surface area contributed by atoms with E-state index in [-0.39, 0.29) is 17.6 Å². The van der Waals surface area contributed by atoms with E-state index in [1.165, 1.54) is 0 Å². The van der Waals surface area contributed by atoms with Gasteiger partial charge in [-0.05, 0) is 35.1 Å².